The van der Waals surface area contributed by atoms with E-state index in [2.05, 4.69) is 19.2 Å². The molecule has 1 unspecified atom stereocenters. The Kier molecular flexibility index (Phi) is 3.88. The van der Waals surface area contributed by atoms with Gasteiger partial charge < -0.3 is 9.73 Å². The quantitative estimate of drug-likeness (QED) is 0.682. The molecule has 0 aliphatic heterocycles. The highest BCUT2D eigenvalue weighted by Gasteiger charge is 2.05. The summed E-state index contributed by atoms with van der Waals surface area (Å²) in [6.07, 6.45) is 4.18. The van der Waals surface area contributed by atoms with Crippen molar-refractivity contribution in [3.63, 3.8) is 0 Å². The summed E-state index contributed by atoms with van der Waals surface area (Å²) in [5.74, 6) is 1.02. The molecule has 1 atom stereocenters. The first-order chi connectivity index (χ1) is 5.84. The molecule has 0 aliphatic carbocycles. The molecular weight excluding hydrogens is 150 g/mol. The summed E-state index contributed by atoms with van der Waals surface area (Å²) in [5.41, 5.74) is 0. The molecule has 2 nitrogen and oxygen atoms in total. The molecule has 12 heavy (non-hydrogen) atoms. The first-order valence-electron chi connectivity index (χ1n) is 4.61. The van der Waals surface area contributed by atoms with Crippen LogP contribution < -0.4 is 5.32 Å². The van der Waals surface area contributed by atoms with Crippen LogP contribution in [0.1, 0.15) is 38.5 Å². The third kappa shape index (κ3) is 2.70. The Morgan fingerprint density at radius 1 is 1.58 bits per heavy atom. The minimum Gasteiger partial charge on any atom is -0.468 e. The molecule has 0 saturated carbocycles. The van der Waals surface area contributed by atoms with E-state index >= 15 is 0 Å². The van der Waals surface area contributed by atoms with E-state index < -0.39 is 0 Å². The minimum atomic E-state index is 0.339. The Bertz CT molecular complexity index is 194. The first kappa shape index (κ1) is 9.33. The lowest BCUT2D eigenvalue weighted by Gasteiger charge is -2.09. The molecular formula is C10H17NO. The molecule has 0 spiro atoms. The van der Waals surface area contributed by atoms with Crippen molar-refractivity contribution in [2.24, 2.45) is 0 Å². The Morgan fingerprint density at radius 3 is 3.00 bits per heavy atom. The average molecular weight is 167 g/mol. The van der Waals surface area contributed by atoms with Gasteiger partial charge in [0, 0.05) is 0 Å². The fraction of sp³-hybridized carbons (Fsp3) is 0.600. The van der Waals surface area contributed by atoms with E-state index in [-0.39, 0.29) is 0 Å². The minimum absolute atomic E-state index is 0.339. The fourth-order valence-electron chi connectivity index (χ4n) is 1.13. The summed E-state index contributed by atoms with van der Waals surface area (Å²) in [5, 5.41) is 3.39. The van der Waals surface area contributed by atoms with Crippen molar-refractivity contribution < 1.29 is 4.42 Å². The summed E-state index contributed by atoms with van der Waals surface area (Å²) in [7, 11) is 0. The zero-order valence-corrected chi connectivity index (χ0v) is 7.84. The van der Waals surface area contributed by atoms with Crippen LogP contribution in [0.4, 0.5) is 0 Å². The molecule has 1 rings (SSSR count). The van der Waals surface area contributed by atoms with Gasteiger partial charge in [0.15, 0.2) is 0 Å². The molecule has 0 bridgehead atoms. The van der Waals surface area contributed by atoms with Crippen LogP contribution >= 0.6 is 0 Å². The van der Waals surface area contributed by atoms with Gasteiger partial charge >= 0.3 is 0 Å². The molecule has 68 valence electrons. The molecule has 0 fully saturated rings. The van der Waals surface area contributed by atoms with Crippen LogP contribution in [-0.4, -0.2) is 6.54 Å². The predicted octanol–water partition coefficient (Wildman–Crippen LogP) is 2.73. The van der Waals surface area contributed by atoms with Gasteiger partial charge in [-0.3, -0.25) is 0 Å². The smallest absolute Gasteiger partial charge is 0.120 e. The normalized spacial score (nSPS) is 13.2. The fourth-order valence-corrected chi connectivity index (χ4v) is 1.13. The molecule has 1 heterocycles. The van der Waals surface area contributed by atoms with Gasteiger partial charge in [0.2, 0.25) is 0 Å². The Morgan fingerprint density at radius 2 is 2.42 bits per heavy atom. The van der Waals surface area contributed by atoms with Crippen LogP contribution in [0.2, 0.25) is 0 Å². The molecule has 1 N–H and O–H groups in total. The second-order valence-corrected chi connectivity index (χ2v) is 3.04. The zero-order chi connectivity index (χ0) is 8.81. The monoisotopic (exact) mass is 167 g/mol. The SMILES string of the molecule is CCCCNC(C)c1ccco1. The molecule has 0 aliphatic rings. The average Bonchev–Trinajstić information content (AvgIpc) is 2.56. The van der Waals surface area contributed by atoms with Gasteiger partial charge in [0.1, 0.15) is 5.76 Å². The highest BCUT2D eigenvalue weighted by molar-refractivity contribution is 5.02. The second kappa shape index (κ2) is 4.99. The van der Waals surface area contributed by atoms with E-state index in [1.54, 1.807) is 6.26 Å². The number of hydrogen-bond acceptors (Lipinski definition) is 2. The van der Waals surface area contributed by atoms with Crippen molar-refractivity contribution in [3.05, 3.63) is 24.2 Å². The maximum atomic E-state index is 5.26. The number of furan rings is 1. The van der Waals surface area contributed by atoms with E-state index in [0.717, 1.165) is 12.3 Å². The largest absolute Gasteiger partial charge is 0.468 e. The molecule has 2 heteroatoms. The molecule has 0 aromatic carbocycles. The van der Waals surface area contributed by atoms with Crippen molar-refractivity contribution in [3.8, 4) is 0 Å². The second-order valence-electron chi connectivity index (χ2n) is 3.04. The van der Waals surface area contributed by atoms with Crippen molar-refractivity contribution in [1.82, 2.24) is 5.32 Å². The van der Waals surface area contributed by atoms with Crippen LogP contribution in [-0.2, 0) is 0 Å². The van der Waals surface area contributed by atoms with E-state index in [1.165, 1.54) is 12.8 Å². The first-order valence-corrected chi connectivity index (χ1v) is 4.61. The van der Waals surface area contributed by atoms with Crippen molar-refractivity contribution in [2.75, 3.05) is 6.54 Å². The van der Waals surface area contributed by atoms with Gasteiger partial charge in [-0.05, 0) is 32.0 Å². The summed E-state index contributed by atoms with van der Waals surface area (Å²) >= 11 is 0. The summed E-state index contributed by atoms with van der Waals surface area (Å²) in [6, 6.07) is 4.27. The third-order valence-electron chi connectivity index (χ3n) is 1.95. The topological polar surface area (TPSA) is 25.2 Å². The van der Waals surface area contributed by atoms with E-state index in [1.807, 2.05) is 12.1 Å². The highest BCUT2D eigenvalue weighted by Crippen LogP contribution is 2.11. The molecule has 1 aromatic heterocycles. The van der Waals surface area contributed by atoms with Gasteiger partial charge in [-0.25, -0.2) is 0 Å². The lowest BCUT2D eigenvalue weighted by molar-refractivity contribution is 0.428. The van der Waals surface area contributed by atoms with Crippen LogP contribution in [0.5, 0.6) is 0 Å². The van der Waals surface area contributed by atoms with Gasteiger partial charge in [-0.15, -0.1) is 0 Å². The van der Waals surface area contributed by atoms with Crippen molar-refractivity contribution in [1.29, 1.82) is 0 Å². The van der Waals surface area contributed by atoms with Gasteiger partial charge in [-0.1, -0.05) is 13.3 Å². The van der Waals surface area contributed by atoms with Gasteiger partial charge in [0.05, 0.1) is 12.3 Å². The number of unbranched alkanes of at least 4 members (excludes halogenated alkanes) is 1. The van der Waals surface area contributed by atoms with Crippen molar-refractivity contribution in [2.45, 2.75) is 32.7 Å². The van der Waals surface area contributed by atoms with Crippen LogP contribution in [0.25, 0.3) is 0 Å². The van der Waals surface area contributed by atoms with Crippen LogP contribution in [0.3, 0.4) is 0 Å². The molecule has 0 radical (unpaired) electrons. The maximum Gasteiger partial charge on any atom is 0.120 e. The van der Waals surface area contributed by atoms with Crippen LogP contribution in [0.15, 0.2) is 22.8 Å². The van der Waals surface area contributed by atoms with E-state index in [4.69, 9.17) is 4.42 Å². The van der Waals surface area contributed by atoms with E-state index in [0.29, 0.717) is 6.04 Å². The van der Waals surface area contributed by atoms with Gasteiger partial charge in [-0.2, -0.15) is 0 Å². The maximum absolute atomic E-state index is 5.26. The summed E-state index contributed by atoms with van der Waals surface area (Å²) < 4.78 is 5.26. The highest BCUT2D eigenvalue weighted by atomic mass is 16.3. The number of nitrogens with one attached hydrogen (secondary N) is 1. The lowest BCUT2D eigenvalue weighted by atomic mass is 10.2. The van der Waals surface area contributed by atoms with Gasteiger partial charge in [0.25, 0.3) is 0 Å². The predicted molar refractivity (Wildman–Crippen MR) is 50.0 cm³/mol. The molecule has 0 amide bonds. The number of rotatable bonds is 5. The molecule has 1 aromatic rings. The third-order valence-corrected chi connectivity index (χ3v) is 1.95. The van der Waals surface area contributed by atoms with Crippen molar-refractivity contribution >= 4 is 0 Å². The van der Waals surface area contributed by atoms with E-state index in [9.17, 15) is 0 Å². The standard InChI is InChI=1S/C10H17NO/c1-3-4-7-11-9(2)10-6-5-8-12-10/h5-6,8-9,11H,3-4,7H2,1-2H3. The molecule has 0 saturated heterocycles. The Hall–Kier alpha value is -0.760. The van der Waals surface area contributed by atoms with Crippen LogP contribution in [0, 0.1) is 0 Å². The zero-order valence-electron chi connectivity index (χ0n) is 7.84. The summed E-state index contributed by atoms with van der Waals surface area (Å²) in [6.45, 7) is 5.38. The number of hydrogen-bond donors (Lipinski definition) is 1. The Labute approximate surface area is 74.0 Å². The lowest BCUT2D eigenvalue weighted by Crippen LogP contribution is -2.19. The Balaban J connectivity index is 2.25. The summed E-state index contributed by atoms with van der Waals surface area (Å²) in [4.78, 5) is 0.